The predicted molar refractivity (Wildman–Crippen MR) is 105 cm³/mol. The molecule has 144 valence electrons. The van der Waals surface area contributed by atoms with E-state index < -0.39 is 0 Å². The molecule has 0 bridgehead atoms. The molecule has 1 aliphatic rings. The first-order chi connectivity index (χ1) is 13.1. The summed E-state index contributed by atoms with van der Waals surface area (Å²) < 4.78 is 11.1. The highest BCUT2D eigenvalue weighted by Crippen LogP contribution is 2.22. The molecule has 1 aromatic carbocycles. The molecule has 2 aromatic rings. The highest BCUT2D eigenvalue weighted by molar-refractivity contribution is 5.88. The van der Waals surface area contributed by atoms with E-state index in [1.54, 1.807) is 18.3 Å². The molecule has 27 heavy (non-hydrogen) atoms. The van der Waals surface area contributed by atoms with Crippen molar-refractivity contribution < 1.29 is 14.3 Å². The van der Waals surface area contributed by atoms with Crippen molar-refractivity contribution in [3.8, 4) is 11.6 Å². The van der Waals surface area contributed by atoms with Crippen molar-refractivity contribution in [3.05, 3.63) is 47.7 Å². The van der Waals surface area contributed by atoms with E-state index in [0.717, 1.165) is 38.6 Å². The monoisotopic (exact) mass is 370 g/mol. The second-order valence-corrected chi connectivity index (χ2v) is 6.57. The zero-order valence-corrected chi connectivity index (χ0v) is 15.8. The van der Waals surface area contributed by atoms with Crippen LogP contribution in [0.15, 0.2) is 36.5 Å². The number of benzene rings is 1. The minimum atomic E-state index is -0.243. The molecule has 0 unspecified atom stereocenters. The molecule has 2 N–H and O–H groups in total. The van der Waals surface area contributed by atoms with Crippen LogP contribution in [0.1, 0.15) is 11.1 Å². The third-order valence-electron chi connectivity index (χ3n) is 4.51. The molecule has 7 heteroatoms. The molecule has 0 spiro atoms. The zero-order valence-electron chi connectivity index (χ0n) is 15.8. The number of anilines is 1. The van der Waals surface area contributed by atoms with E-state index in [9.17, 15) is 4.79 Å². The van der Waals surface area contributed by atoms with Crippen LogP contribution in [-0.2, 0) is 4.74 Å². The number of hydrogen-bond donors (Lipinski definition) is 2. The van der Waals surface area contributed by atoms with Crippen LogP contribution in [0.25, 0.3) is 0 Å². The number of aryl methyl sites for hydroxylation is 2. The summed E-state index contributed by atoms with van der Waals surface area (Å²) in [5, 5.41) is 5.63. The number of amides is 2. The van der Waals surface area contributed by atoms with Crippen LogP contribution >= 0.6 is 0 Å². The van der Waals surface area contributed by atoms with Crippen molar-refractivity contribution in [1.82, 2.24) is 15.2 Å². The minimum Gasteiger partial charge on any atom is -0.439 e. The lowest BCUT2D eigenvalue weighted by Crippen LogP contribution is -2.42. The Morgan fingerprint density at radius 2 is 2.00 bits per heavy atom. The maximum absolute atomic E-state index is 12.0. The molecule has 0 aliphatic carbocycles. The molecule has 7 nitrogen and oxygen atoms in total. The van der Waals surface area contributed by atoms with Gasteiger partial charge in [0.05, 0.1) is 25.1 Å². The van der Waals surface area contributed by atoms with E-state index in [1.165, 1.54) is 11.1 Å². The van der Waals surface area contributed by atoms with Gasteiger partial charge in [0.25, 0.3) is 0 Å². The second-order valence-electron chi connectivity index (χ2n) is 6.57. The summed E-state index contributed by atoms with van der Waals surface area (Å²) in [6.45, 7) is 8.85. The quantitative estimate of drug-likeness (QED) is 0.818. The zero-order chi connectivity index (χ0) is 19.1. The lowest BCUT2D eigenvalue weighted by atomic mass is 10.1. The maximum Gasteiger partial charge on any atom is 0.319 e. The first-order valence-corrected chi connectivity index (χ1v) is 9.16. The maximum atomic E-state index is 12.0. The van der Waals surface area contributed by atoms with Crippen LogP contribution in [0.4, 0.5) is 10.5 Å². The third-order valence-corrected chi connectivity index (χ3v) is 4.51. The molecule has 2 heterocycles. The highest BCUT2D eigenvalue weighted by atomic mass is 16.5. The van der Waals surface area contributed by atoms with E-state index in [-0.39, 0.29) is 6.03 Å². The summed E-state index contributed by atoms with van der Waals surface area (Å²) in [5.74, 6) is 1.23. The van der Waals surface area contributed by atoms with Crippen molar-refractivity contribution in [3.63, 3.8) is 0 Å². The van der Waals surface area contributed by atoms with E-state index >= 15 is 0 Å². The molecule has 1 aliphatic heterocycles. The van der Waals surface area contributed by atoms with Gasteiger partial charge in [-0.1, -0.05) is 6.07 Å². The SMILES string of the molecule is Cc1ccc(Oc2ccc(NC(=O)NCCN3CCOCC3)cn2)cc1C. The fourth-order valence-electron chi connectivity index (χ4n) is 2.74. The van der Waals surface area contributed by atoms with Crippen molar-refractivity contribution in [2.75, 3.05) is 44.7 Å². The summed E-state index contributed by atoms with van der Waals surface area (Å²) >= 11 is 0. The van der Waals surface area contributed by atoms with Crippen LogP contribution in [0.2, 0.25) is 0 Å². The van der Waals surface area contributed by atoms with Gasteiger partial charge in [-0.25, -0.2) is 9.78 Å². The average molecular weight is 370 g/mol. The number of hydrogen-bond acceptors (Lipinski definition) is 5. The van der Waals surface area contributed by atoms with Crippen molar-refractivity contribution in [2.45, 2.75) is 13.8 Å². The van der Waals surface area contributed by atoms with Gasteiger partial charge in [0, 0.05) is 32.2 Å². The Labute approximate surface area is 159 Å². The van der Waals surface area contributed by atoms with Crippen molar-refractivity contribution in [2.24, 2.45) is 0 Å². The fraction of sp³-hybridized carbons (Fsp3) is 0.400. The number of morpholine rings is 1. The first kappa shape index (κ1) is 19.1. The third kappa shape index (κ3) is 5.94. The molecule has 0 radical (unpaired) electrons. The number of nitrogens with zero attached hydrogens (tertiary/aromatic N) is 2. The van der Waals surface area contributed by atoms with Crippen LogP contribution in [0.5, 0.6) is 11.6 Å². The Morgan fingerprint density at radius 3 is 2.70 bits per heavy atom. The van der Waals surface area contributed by atoms with Gasteiger partial charge in [0.2, 0.25) is 5.88 Å². The molecule has 1 aromatic heterocycles. The smallest absolute Gasteiger partial charge is 0.319 e. The number of rotatable bonds is 6. The van der Waals surface area contributed by atoms with E-state index in [1.807, 2.05) is 25.1 Å². The predicted octanol–water partition coefficient (Wildman–Crippen LogP) is 2.94. The summed E-state index contributed by atoms with van der Waals surface area (Å²) in [4.78, 5) is 18.5. The normalized spacial score (nSPS) is 14.6. The molecule has 0 saturated carbocycles. The van der Waals surface area contributed by atoms with Crippen molar-refractivity contribution in [1.29, 1.82) is 0 Å². The van der Waals surface area contributed by atoms with Gasteiger partial charge in [-0.2, -0.15) is 0 Å². The van der Waals surface area contributed by atoms with Gasteiger partial charge in [-0.3, -0.25) is 4.90 Å². The van der Waals surface area contributed by atoms with E-state index in [2.05, 4.69) is 27.4 Å². The molecular weight excluding hydrogens is 344 g/mol. The number of urea groups is 1. The Bertz CT molecular complexity index is 758. The number of ether oxygens (including phenoxy) is 2. The highest BCUT2D eigenvalue weighted by Gasteiger charge is 2.10. The van der Waals surface area contributed by atoms with E-state index in [0.29, 0.717) is 18.1 Å². The first-order valence-electron chi connectivity index (χ1n) is 9.16. The van der Waals surface area contributed by atoms with Crippen LogP contribution in [0, 0.1) is 13.8 Å². The Morgan fingerprint density at radius 1 is 1.19 bits per heavy atom. The average Bonchev–Trinajstić information content (AvgIpc) is 2.67. The van der Waals surface area contributed by atoms with Gasteiger partial charge in [0.15, 0.2) is 0 Å². The minimum absolute atomic E-state index is 0.243. The van der Waals surface area contributed by atoms with Crippen LogP contribution < -0.4 is 15.4 Å². The van der Waals surface area contributed by atoms with E-state index in [4.69, 9.17) is 9.47 Å². The largest absolute Gasteiger partial charge is 0.439 e. The summed E-state index contributed by atoms with van der Waals surface area (Å²) in [7, 11) is 0. The van der Waals surface area contributed by atoms with Gasteiger partial charge in [-0.15, -0.1) is 0 Å². The molecule has 2 amide bonds. The summed E-state index contributed by atoms with van der Waals surface area (Å²) in [6, 6.07) is 9.17. The number of carbonyl (C=O) groups excluding carboxylic acids is 1. The van der Waals surface area contributed by atoms with Crippen LogP contribution in [-0.4, -0.2) is 55.3 Å². The molecular formula is C20H26N4O3. The lowest BCUT2D eigenvalue weighted by Gasteiger charge is -2.26. The van der Waals surface area contributed by atoms with Gasteiger partial charge >= 0.3 is 6.03 Å². The molecule has 1 fully saturated rings. The molecule has 1 saturated heterocycles. The molecule has 0 atom stereocenters. The molecule has 3 rings (SSSR count). The standard InChI is InChI=1S/C20H26N4O3/c1-15-3-5-18(13-16(15)2)27-19-6-4-17(14-22-19)23-20(25)21-7-8-24-9-11-26-12-10-24/h3-6,13-14H,7-12H2,1-2H3,(H2,21,23,25). The number of aromatic nitrogens is 1. The topological polar surface area (TPSA) is 75.7 Å². The van der Waals surface area contributed by atoms with Gasteiger partial charge in [0.1, 0.15) is 5.75 Å². The number of nitrogens with one attached hydrogen (secondary N) is 2. The Kier molecular flexibility index (Phi) is 6.62. The number of carbonyl (C=O) groups is 1. The fourth-order valence-corrected chi connectivity index (χ4v) is 2.74. The van der Waals surface area contributed by atoms with Crippen molar-refractivity contribution >= 4 is 11.7 Å². The van der Waals surface area contributed by atoms with Gasteiger partial charge in [-0.05, 0) is 43.2 Å². The lowest BCUT2D eigenvalue weighted by molar-refractivity contribution is 0.0388. The van der Waals surface area contributed by atoms with Crippen LogP contribution in [0.3, 0.4) is 0 Å². The summed E-state index contributed by atoms with van der Waals surface area (Å²) in [5.41, 5.74) is 3.00. The van der Waals surface area contributed by atoms with Gasteiger partial charge < -0.3 is 20.1 Å². The Hall–Kier alpha value is -2.64. The number of pyridine rings is 1. The second kappa shape index (κ2) is 9.34. The summed E-state index contributed by atoms with van der Waals surface area (Å²) in [6.07, 6.45) is 1.58. The Balaban J connectivity index is 1.43.